The van der Waals surface area contributed by atoms with Gasteiger partial charge in [-0.2, -0.15) is 0 Å². The number of esters is 1. The van der Waals surface area contributed by atoms with Gasteiger partial charge >= 0.3 is 11.9 Å². The summed E-state index contributed by atoms with van der Waals surface area (Å²) in [5.74, 6) is -1.23. The van der Waals surface area contributed by atoms with Crippen molar-refractivity contribution in [3.8, 4) is 0 Å². The molecule has 0 radical (unpaired) electrons. The van der Waals surface area contributed by atoms with Gasteiger partial charge in [0.2, 0.25) is 0 Å². The highest BCUT2D eigenvalue weighted by molar-refractivity contribution is 6.16. The lowest BCUT2D eigenvalue weighted by Gasteiger charge is -2.21. The molecule has 0 heterocycles. The van der Waals surface area contributed by atoms with Crippen LogP contribution in [0.4, 0.5) is 0 Å². The van der Waals surface area contributed by atoms with Crippen molar-refractivity contribution in [3.63, 3.8) is 0 Å². The van der Waals surface area contributed by atoms with E-state index in [1.807, 2.05) is 65.0 Å². The van der Waals surface area contributed by atoms with E-state index in [0.717, 1.165) is 5.56 Å². The molecule has 0 aliphatic carbocycles. The van der Waals surface area contributed by atoms with E-state index in [4.69, 9.17) is 4.74 Å². The number of aliphatic carboxylic acids is 1. The van der Waals surface area contributed by atoms with Crippen molar-refractivity contribution in [2.45, 2.75) is 59.5 Å². The molecule has 0 bridgehead atoms. The molecule has 1 atom stereocenters. The second-order valence-corrected chi connectivity index (χ2v) is 7.73. The Kier molecular flexibility index (Phi) is 7.88. The SMILES string of the molecule is CC(C)C[C@@H](CC/C=C(\C(=O)OC(C)(C)C)c1ccccc1)C(=O)O. The molecule has 4 heteroatoms. The number of carbonyl (C=O) groups excluding carboxylic acids is 1. The summed E-state index contributed by atoms with van der Waals surface area (Å²) in [7, 11) is 0. The number of rotatable bonds is 8. The third kappa shape index (κ3) is 8.01. The molecule has 0 saturated heterocycles. The number of hydrogen-bond donors (Lipinski definition) is 1. The van der Waals surface area contributed by atoms with Crippen LogP contribution in [0.25, 0.3) is 5.57 Å². The van der Waals surface area contributed by atoms with Crippen LogP contribution in [0.15, 0.2) is 36.4 Å². The van der Waals surface area contributed by atoms with Gasteiger partial charge in [-0.3, -0.25) is 4.79 Å². The smallest absolute Gasteiger partial charge is 0.338 e. The molecule has 1 aromatic rings. The summed E-state index contributed by atoms with van der Waals surface area (Å²) in [5.41, 5.74) is 0.698. The van der Waals surface area contributed by atoms with Gasteiger partial charge in [0.05, 0.1) is 11.5 Å². The summed E-state index contributed by atoms with van der Waals surface area (Å²) in [4.78, 5) is 23.9. The zero-order chi connectivity index (χ0) is 19.0. The highest BCUT2D eigenvalue weighted by Gasteiger charge is 2.22. The molecular formula is C21H30O4. The first-order valence-corrected chi connectivity index (χ1v) is 8.82. The summed E-state index contributed by atoms with van der Waals surface area (Å²) in [6.45, 7) is 9.52. The molecule has 0 fully saturated rings. The monoisotopic (exact) mass is 346 g/mol. The molecule has 0 aliphatic heterocycles. The highest BCUT2D eigenvalue weighted by atomic mass is 16.6. The Balaban J connectivity index is 2.94. The van der Waals surface area contributed by atoms with Gasteiger partial charge in [0.1, 0.15) is 5.60 Å². The molecule has 25 heavy (non-hydrogen) atoms. The van der Waals surface area contributed by atoms with Crippen molar-refractivity contribution in [3.05, 3.63) is 42.0 Å². The first-order chi connectivity index (χ1) is 11.6. The number of benzene rings is 1. The molecule has 1 rings (SSSR count). The zero-order valence-corrected chi connectivity index (χ0v) is 15.9. The van der Waals surface area contributed by atoms with Crippen molar-refractivity contribution in [1.82, 2.24) is 0 Å². The number of carboxylic acid groups (broad SMARTS) is 1. The van der Waals surface area contributed by atoms with E-state index in [2.05, 4.69) is 0 Å². The van der Waals surface area contributed by atoms with E-state index in [0.29, 0.717) is 30.8 Å². The predicted octanol–water partition coefficient (Wildman–Crippen LogP) is 4.94. The van der Waals surface area contributed by atoms with Crippen LogP contribution in [0.1, 0.15) is 59.4 Å². The Morgan fingerprint density at radius 3 is 2.24 bits per heavy atom. The molecule has 0 saturated carbocycles. The van der Waals surface area contributed by atoms with Crippen molar-refractivity contribution < 1.29 is 19.4 Å². The van der Waals surface area contributed by atoms with E-state index in [1.165, 1.54) is 0 Å². The molecule has 0 spiro atoms. The quantitative estimate of drug-likeness (QED) is 0.535. The van der Waals surface area contributed by atoms with E-state index in [9.17, 15) is 14.7 Å². The predicted molar refractivity (Wildman–Crippen MR) is 100 cm³/mol. The van der Waals surface area contributed by atoms with Crippen LogP contribution >= 0.6 is 0 Å². The first-order valence-electron chi connectivity index (χ1n) is 8.82. The topological polar surface area (TPSA) is 63.6 Å². The van der Waals surface area contributed by atoms with Crippen molar-refractivity contribution >= 4 is 17.5 Å². The Labute approximate surface area is 150 Å². The third-order valence-electron chi connectivity index (χ3n) is 3.67. The van der Waals surface area contributed by atoms with Crippen LogP contribution in [-0.2, 0) is 14.3 Å². The van der Waals surface area contributed by atoms with Crippen LogP contribution in [0.5, 0.6) is 0 Å². The van der Waals surface area contributed by atoms with Gasteiger partial charge in [0.15, 0.2) is 0 Å². The molecule has 0 aliphatic rings. The summed E-state index contributed by atoms with van der Waals surface area (Å²) in [5, 5.41) is 9.35. The summed E-state index contributed by atoms with van der Waals surface area (Å²) >= 11 is 0. The lowest BCUT2D eigenvalue weighted by atomic mass is 9.92. The Bertz CT molecular complexity index is 594. The zero-order valence-electron chi connectivity index (χ0n) is 15.9. The fourth-order valence-corrected chi connectivity index (χ4v) is 2.61. The maximum Gasteiger partial charge on any atom is 0.338 e. The lowest BCUT2D eigenvalue weighted by Crippen LogP contribution is -2.24. The molecule has 1 aromatic carbocycles. The maximum absolute atomic E-state index is 12.5. The van der Waals surface area contributed by atoms with Gasteiger partial charge < -0.3 is 9.84 Å². The van der Waals surface area contributed by atoms with Crippen molar-refractivity contribution in [1.29, 1.82) is 0 Å². The molecule has 138 valence electrons. The first kappa shape index (κ1) is 20.9. The largest absolute Gasteiger partial charge is 0.481 e. The van der Waals surface area contributed by atoms with Crippen LogP contribution in [-0.4, -0.2) is 22.6 Å². The van der Waals surface area contributed by atoms with Crippen LogP contribution in [0, 0.1) is 11.8 Å². The van der Waals surface area contributed by atoms with Gasteiger partial charge in [-0.25, -0.2) is 4.79 Å². The molecule has 0 aromatic heterocycles. The minimum absolute atomic E-state index is 0.324. The molecular weight excluding hydrogens is 316 g/mol. The van der Waals surface area contributed by atoms with Crippen molar-refractivity contribution in [2.75, 3.05) is 0 Å². The summed E-state index contributed by atoms with van der Waals surface area (Å²) < 4.78 is 5.50. The number of carboxylic acids is 1. The molecule has 0 unspecified atom stereocenters. The lowest BCUT2D eigenvalue weighted by molar-refractivity contribution is -0.147. The summed E-state index contributed by atoms with van der Waals surface area (Å²) in [6, 6.07) is 9.34. The van der Waals surface area contributed by atoms with Crippen LogP contribution in [0.3, 0.4) is 0 Å². The summed E-state index contributed by atoms with van der Waals surface area (Å²) in [6.07, 6.45) is 3.47. The van der Waals surface area contributed by atoms with Gasteiger partial charge in [-0.1, -0.05) is 50.3 Å². The number of allylic oxidation sites excluding steroid dienone is 1. The molecule has 1 N–H and O–H groups in total. The Morgan fingerprint density at radius 2 is 1.76 bits per heavy atom. The second-order valence-electron chi connectivity index (χ2n) is 7.73. The minimum Gasteiger partial charge on any atom is -0.481 e. The van der Waals surface area contributed by atoms with E-state index in [1.54, 1.807) is 6.08 Å². The van der Waals surface area contributed by atoms with E-state index >= 15 is 0 Å². The van der Waals surface area contributed by atoms with Gasteiger partial charge in [0, 0.05) is 0 Å². The molecule has 4 nitrogen and oxygen atoms in total. The minimum atomic E-state index is -0.777. The van der Waals surface area contributed by atoms with Crippen LogP contribution in [0.2, 0.25) is 0 Å². The molecule has 0 amide bonds. The Hall–Kier alpha value is -2.10. The average molecular weight is 346 g/mol. The third-order valence-corrected chi connectivity index (χ3v) is 3.67. The standard InChI is InChI=1S/C21H30O4/c1-15(2)14-17(19(22)23)12-9-13-18(16-10-7-6-8-11-16)20(24)25-21(3,4)5/h6-8,10-11,13,15,17H,9,12,14H2,1-5H3,(H,22,23)/b18-13-/t17-/m1/s1. The maximum atomic E-state index is 12.5. The number of ether oxygens (including phenoxy) is 1. The Morgan fingerprint density at radius 1 is 1.16 bits per heavy atom. The van der Waals surface area contributed by atoms with Gasteiger partial charge in [-0.15, -0.1) is 0 Å². The fourth-order valence-electron chi connectivity index (χ4n) is 2.61. The van der Waals surface area contributed by atoms with Crippen molar-refractivity contribution in [2.24, 2.45) is 11.8 Å². The fraction of sp³-hybridized carbons (Fsp3) is 0.524. The number of hydrogen-bond acceptors (Lipinski definition) is 3. The van der Waals surface area contributed by atoms with Crippen LogP contribution < -0.4 is 0 Å². The van der Waals surface area contributed by atoms with E-state index < -0.39 is 17.5 Å². The highest BCUT2D eigenvalue weighted by Crippen LogP contribution is 2.23. The van der Waals surface area contributed by atoms with Gasteiger partial charge in [0.25, 0.3) is 0 Å². The van der Waals surface area contributed by atoms with E-state index in [-0.39, 0.29) is 5.97 Å². The van der Waals surface area contributed by atoms with Gasteiger partial charge in [-0.05, 0) is 51.5 Å². The normalized spacial score (nSPS) is 13.6. The average Bonchev–Trinajstić information content (AvgIpc) is 2.48. The second kappa shape index (κ2) is 9.40. The number of carbonyl (C=O) groups is 2.